The van der Waals surface area contributed by atoms with Gasteiger partial charge in [0.2, 0.25) is 0 Å². The zero-order valence-electron chi connectivity index (χ0n) is 9.47. The van der Waals surface area contributed by atoms with Crippen LogP contribution in [0.3, 0.4) is 0 Å². The molecule has 2 heteroatoms. The van der Waals surface area contributed by atoms with Crippen LogP contribution in [0.1, 0.15) is 58.8 Å². The fourth-order valence-electron chi connectivity index (χ4n) is 2.13. The van der Waals surface area contributed by atoms with Crippen LogP contribution < -0.4 is 0 Å². The topological polar surface area (TPSA) is 26.3 Å². The van der Waals surface area contributed by atoms with Gasteiger partial charge in [0.15, 0.2) is 5.78 Å². The van der Waals surface area contributed by atoms with E-state index in [4.69, 9.17) is 4.74 Å². The second kappa shape index (κ2) is 5.50. The van der Waals surface area contributed by atoms with Crippen molar-refractivity contribution in [3.8, 4) is 0 Å². The van der Waals surface area contributed by atoms with Gasteiger partial charge in [0.25, 0.3) is 0 Å². The molecule has 0 amide bonds. The van der Waals surface area contributed by atoms with Crippen LogP contribution in [0.15, 0.2) is 0 Å². The standard InChI is InChI=1S/C12H22O2/c1-3-4-10-14-12(11(2)13)8-6-5-7-9-12/h3-10H2,1-2H3. The zero-order chi connectivity index (χ0) is 10.4. The third kappa shape index (κ3) is 2.81. The summed E-state index contributed by atoms with van der Waals surface area (Å²) < 4.78 is 5.82. The Labute approximate surface area is 87.0 Å². The molecule has 0 atom stereocenters. The Morgan fingerprint density at radius 1 is 1.29 bits per heavy atom. The molecule has 0 N–H and O–H groups in total. The number of hydrogen-bond donors (Lipinski definition) is 0. The molecular formula is C12H22O2. The summed E-state index contributed by atoms with van der Waals surface area (Å²) in [5, 5.41) is 0. The first-order valence-corrected chi connectivity index (χ1v) is 5.86. The molecule has 1 fully saturated rings. The number of unbranched alkanes of at least 4 members (excludes halogenated alkanes) is 1. The molecule has 0 aromatic carbocycles. The maximum Gasteiger partial charge on any atom is 0.161 e. The summed E-state index contributed by atoms with van der Waals surface area (Å²) in [6, 6.07) is 0. The maximum absolute atomic E-state index is 11.6. The summed E-state index contributed by atoms with van der Waals surface area (Å²) in [7, 11) is 0. The highest BCUT2D eigenvalue weighted by Gasteiger charge is 2.37. The highest BCUT2D eigenvalue weighted by Crippen LogP contribution is 2.32. The summed E-state index contributed by atoms with van der Waals surface area (Å²) in [6.07, 6.45) is 7.62. The van der Waals surface area contributed by atoms with Crippen molar-refractivity contribution in [2.24, 2.45) is 0 Å². The van der Waals surface area contributed by atoms with Crippen molar-refractivity contribution in [3.05, 3.63) is 0 Å². The summed E-state index contributed by atoms with van der Waals surface area (Å²) >= 11 is 0. The van der Waals surface area contributed by atoms with E-state index < -0.39 is 5.60 Å². The van der Waals surface area contributed by atoms with Crippen molar-refractivity contribution in [3.63, 3.8) is 0 Å². The molecule has 1 saturated carbocycles. The Balaban J connectivity index is 2.47. The van der Waals surface area contributed by atoms with Gasteiger partial charge in [-0.1, -0.05) is 32.6 Å². The minimum absolute atomic E-state index is 0.230. The lowest BCUT2D eigenvalue weighted by atomic mass is 9.82. The van der Waals surface area contributed by atoms with Crippen LogP contribution in [0.4, 0.5) is 0 Å². The van der Waals surface area contributed by atoms with E-state index in [0.29, 0.717) is 0 Å². The molecule has 0 aromatic heterocycles. The highest BCUT2D eigenvalue weighted by molar-refractivity contribution is 5.85. The number of carbonyl (C=O) groups is 1. The summed E-state index contributed by atoms with van der Waals surface area (Å²) in [6.45, 7) is 4.57. The fourth-order valence-corrected chi connectivity index (χ4v) is 2.13. The van der Waals surface area contributed by atoms with Crippen molar-refractivity contribution >= 4 is 5.78 Å². The molecule has 0 aliphatic heterocycles. The minimum atomic E-state index is -0.409. The third-order valence-electron chi connectivity index (χ3n) is 3.18. The lowest BCUT2D eigenvalue weighted by Crippen LogP contribution is -2.42. The monoisotopic (exact) mass is 198 g/mol. The molecule has 1 aliphatic carbocycles. The van der Waals surface area contributed by atoms with Crippen LogP contribution in [0.5, 0.6) is 0 Å². The van der Waals surface area contributed by atoms with Gasteiger partial charge in [0.1, 0.15) is 5.60 Å². The van der Waals surface area contributed by atoms with Gasteiger partial charge in [0.05, 0.1) is 0 Å². The van der Waals surface area contributed by atoms with Crippen LogP contribution in [0.2, 0.25) is 0 Å². The number of rotatable bonds is 5. The third-order valence-corrected chi connectivity index (χ3v) is 3.18. The average molecular weight is 198 g/mol. The summed E-state index contributed by atoms with van der Waals surface area (Å²) in [5.41, 5.74) is -0.409. The predicted molar refractivity (Wildman–Crippen MR) is 57.4 cm³/mol. The molecule has 82 valence electrons. The molecule has 0 saturated heterocycles. The van der Waals surface area contributed by atoms with Crippen LogP contribution in [-0.2, 0) is 9.53 Å². The van der Waals surface area contributed by atoms with Gasteiger partial charge in [0, 0.05) is 6.61 Å². The van der Waals surface area contributed by atoms with E-state index in [1.807, 2.05) is 0 Å². The van der Waals surface area contributed by atoms with Gasteiger partial charge >= 0.3 is 0 Å². The predicted octanol–water partition coefficient (Wildman–Crippen LogP) is 3.10. The van der Waals surface area contributed by atoms with E-state index in [0.717, 1.165) is 45.1 Å². The normalized spacial score (nSPS) is 20.7. The molecule has 0 unspecified atom stereocenters. The second-order valence-electron chi connectivity index (χ2n) is 4.31. The average Bonchev–Trinajstić information content (AvgIpc) is 2.19. The largest absolute Gasteiger partial charge is 0.367 e. The van der Waals surface area contributed by atoms with Gasteiger partial charge in [-0.05, 0) is 26.2 Å². The molecule has 2 nitrogen and oxygen atoms in total. The minimum Gasteiger partial charge on any atom is -0.367 e. The van der Waals surface area contributed by atoms with Crippen molar-refractivity contribution in [2.45, 2.75) is 64.4 Å². The van der Waals surface area contributed by atoms with Gasteiger partial charge in [-0.2, -0.15) is 0 Å². The molecule has 14 heavy (non-hydrogen) atoms. The first-order valence-electron chi connectivity index (χ1n) is 5.86. The van der Waals surface area contributed by atoms with Crippen molar-refractivity contribution in [1.29, 1.82) is 0 Å². The summed E-state index contributed by atoms with van der Waals surface area (Å²) in [5.74, 6) is 0.230. The number of Topliss-reactive ketones (excluding diaryl/α,β-unsaturated/α-hetero) is 1. The second-order valence-corrected chi connectivity index (χ2v) is 4.31. The molecule has 0 radical (unpaired) electrons. The van der Waals surface area contributed by atoms with Crippen LogP contribution in [-0.4, -0.2) is 18.0 Å². The number of ether oxygens (including phenoxy) is 1. The van der Waals surface area contributed by atoms with Crippen LogP contribution >= 0.6 is 0 Å². The molecular weight excluding hydrogens is 176 g/mol. The zero-order valence-corrected chi connectivity index (χ0v) is 9.47. The Morgan fingerprint density at radius 2 is 1.93 bits per heavy atom. The number of ketones is 1. The van der Waals surface area contributed by atoms with E-state index in [-0.39, 0.29) is 5.78 Å². The number of carbonyl (C=O) groups excluding carboxylic acids is 1. The molecule has 0 bridgehead atoms. The number of hydrogen-bond acceptors (Lipinski definition) is 2. The van der Waals surface area contributed by atoms with Gasteiger partial charge in [-0.25, -0.2) is 0 Å². The molecule has 0 heterocycles. The Morgan fingerprint density at radius 3 is 2.43 bits per heavy atom. The lowest BCUT2D eigenvalue weighted by molar-refractivity contribution is -0.147. The Hall–Kier alpha value is -0.370. The Bertz CT molecular complexity index is 181. The van der Waals surface area contributed by atoms with Crippen molar-refractivity contribution in [1.82, 2.24) is 0 Å². The van der Waals surface area contributed by atoms with Crippen LogP contribution in [0.25, 0.3) is 0 Å². The molecule has 0 spiro atoms. The first-order chi connectivity index (χ1) is 6.71. The first kappa shape index (κ1) is 11.7. The van der Waals surface area contributed by atoms with Crippen LogP contribution in [0, 0.1) is 0 Å². The maximum atomic E-state index is 11.6. The van der Waals surface area contributed by atoms with Gasteiger partial charge < -0.3 is 4.74 Å². The van der Waals surface area contributed by atoms with Gasteiger partial charge in [-0.15, -0.1) is 0 Å². The molecule has 1 rings (SSSR count). The fraction of sp³-hybridized carbons (Fsp3) is 0.917. The van der Waals surface area contributed by atoms with E-state index in [2.05, 4.69) is 6.92 Å². The molecule has 1 aliphatic rings. The van der Waals surface area contributed by atoms with E-state index in [1.165, 1.54) is 6.42 Å². The van der Waals surface area contributed by atoms with Crippen molar-refractivity contribution < 1.29 is 9.53 Å². The molecule has 0 aromatic rings. The Kier molecular flexibility index (Phi) is 4.59. The van der Waals surface area contributed by atoms with Gasteiger partial charge in [-0.3, -0.25) is 4.79 Å². The van der Waals surface area contributed by atoms with Crippen molar-refractivity contribution in [2.75, 3.05) is 6.61 Å². The SMILES string of the molecule is CCCCOC1(C(C)=O)CCCCC1. The highest BCUT2D eigenvalue weighted by atomic mass is 16.5. The quantitative estimate of drug-likeness (QED) is 0.634. The van der Waals surface area contributed by atoms with E-state index in [9.17, 15) is 4.79 Å². The summed E-state index contributed by atoms with van der Waals surface area (Å²) in [4.78, 5) is 11.6. The smallest absolute Gasteiger partial charge is 0.161 e. The lowest BCUT2D eigenvalue weighted by Gasteiger charge is -2.34. The van der Waals surface area contributed by atoms with E-state index in [1.54, 1.807) is 6.92 Å². The van der Waals surface area contributed by atoms with E-state index >= 15 is 0 Å².